The Morgan fingerprint density at radius 2 is 2.00 bits per heavy atom. The predicted octanol–water partition coefficient (Wildman–Crippen LogP) is 3.15. The van der Waals surface area contributed by atoms with E-state index in [4.69, 9.17) is 0 Å². The normalized spacial score (nSPS) is 10.6. The van der Waals surface area contributed by atoms with Gasteiger partial charge in [-0.1, -0.05) is 28.1 Å². The lowest BCUT2D eigenvalue weighted by Gasteiger charge is -2.06. The highest BCUT2D eigenvalue weighted by Crippen LogP contribution is 2.16. The maximum atomic E-state index is 4.35. The molecule has 2 aromatic rings. The van der Waals surface area contributed by atoms with Crippen LogP contribution in [0.25, 0.3) is 0 Å². The van der Waals surface area contributed by atoms with E-state index in [1.54, 1.807) is 6.20 Å². The zero-order valence-electron chi connectivity index (χ0n) is 10.6. The highest BCUT2D eigenvalue weighted by molar-refractivity contribution is 9.10. The zero-order chi connectivity index (χ0) is 13.0. The van der Waals surface area contributed by atoms with Crippen molar-refractivity contribution in [2.24, 2.45) is 0 Å². The monoisotopic (exact) mass is 305 g/mol. The van der Waals surface area contributed by atoms with Crippen LogP contribution in [0.15, 0.2) is 34.9 Å². The van der Waals surface area contributed by atoms with Crippen molar-refractivity contribution in [2.45, 2.75) is 26.9 Å². The molecule has 2 rings (SSSR count). The second kappa shape index (κ2) is 6.07. The number of aromatic nitrogens is 2. The fourth-order valence-corrected chi connectivity index (χ4v) is 2.00. The standard InChI is InChI=1S/C14H16BrN3/c1-10-7-12(3-4-14(10)15)8-16-9-13-5-6-17-11(2)18-13/h3-7,16H,8-9H2,1-2H3. The molecular formula is C14H16BrN3. The fraction of sp³-hybridized carbons (Fsp3) is 0.286. The van der Waals surface area contributed by atoms with Crippen LogP contribution in [-0.2, 0) is 13.1 Å². The Bertz CT molecular complexity index is 540. The van der Waals surface area contributed by atoms with Gasteiger partial charge >= 0.3 is 0 Å². The predicted molar refractivity (Wildman–Crippen MR) is 76.2 cm³/mol. The SMILES string of the molecule is Cc1nccc(CNCc2ccc(Br)c(C)c2)n1. The molecule has 0 bridgehead atoms. The minimum Gasteiger partial charge on any atom is -0.307 e. The van der Waals surface area contributed by atoms with Crippen LogP contribution in [0.4, 0.5) is 0 Å². The quantitative estimate of drug-likeness (QED) is 0.943. The van der Waals surface area contributed by atoms with E-state index < -0.39 is 0 Å². The molecule has 0 atom stereocenters. The molecule has 1 N–H and O–H groups in total. The van der Waals surface area contributed by atoms with Crippen LogP contribution in [0.1, 0.15) is 22.6 Å². The van der Waals surface area contributed by atoms with Gasteiger partial charge in [-0.3, -0.25) is 0 Å². The van der Waals surface area contributed by atoms with Gasteiger partial charge in [0, 0.05) is 23.8 Å². The lowest BCUT2D eigenvalue weighted by Crippen LogP contribution is -2.14. The van der Waals surface area contributed by atoms with Gasteiger partial charge < -0.3 is 5.32 Å². The Morgan fingerprint density at radius 3 is 2.72 bits per heavy atom. The van der Waals surface area contributed by atoms with E-state index in [-0.39, 0.29) is 0 Å². The molecule has 94 valence electrons. The van der Waals surface area contributed by atoms with Gasteiger partial charge in [-0.15, -0.1) is 0 Å². The Balaban J connectivity index is 1.90. The number of hydrogen-bond donors (Lipinski definition) is 1. The number of halogens is 1. The van der Waals surface area contributed by atoms with Crippen LogP contribution in [0, 0.1) is 13.8 Å². The molecule has 0 aliphatic heterocycles. The number of hydrogen-bond acceptors (Lipinski definition) is 3. The Labute approximate surface area is 116 Å². The molecule has 0 aliphatic carbocycles. The first-order chi connectivity index (χ1) is 8.65. The number of benzene rings is 1. The smallest absolute Gasteiger partial charge is 0.125 e. The summed E-state index contributed by atoms with van der Waals surface area (Å²) in [6, 6.07) is 8.33. The van der Waals surface area contributed by atoms with Crippen LogP contribution in [0.5, 0.6) is 0 Å². The summed E-state index contributed by atoms with van der Waals surface area (Å²) >= 11 is 3.50. The zero-order valence-corrected chi connectivity index (χ0v) is 12.2. The molecule has 1 aromatic heterocycles. The number of aryl methyl sites for hydroxylation is 2. The molecular weight excluding hydrogens is 290 g/mol. The Kier molecular flexibility index (Phi) is 4.44. The topological polar surface area (TPSA) is 37.8 Å². The molecule has 3 nitrogen and oxygen atoms in total. The summed E-state index contributed by atoms with van der Waals surface area (Å²) < 4.78 is 1.15. The number of nitrogens with zero attached hydrogens (tertiary/aromatic N) is 2. The molecule has 1 heterocycles. The molecule has 4 heteroatoms. The van der Waals surface area contributed by atoms with E-state index in [9.17, 15) is 0 Å². The summed E-state index contributed by atoms with van der Waals surface area (Å²) in [7, 11) is 0. The van der Waals surface area contributed by atoms with Crippen LogP contribution in [0.2, 0.25) is 0 Å². The third-order valence-corrected chi connectivity index (χ3v) is 3.58. The van der Waals surface area contributed by atoms with Gasteiger partial charge in [0.25, 0.3) is 0 Å². The van der Waals surface area contributed by atoms with Crippen molar-refractivity contribution in [1.82, 2.24) is 15.3 Å². The lowest BCUT2D eigenvalue weighted by molar-refractivity contribution is 0.675. The molecule has 1 aromatic carbocycles. The van der Waals surface area contributed by atoms with Gasteiger partial charge in [0.05, 0.1) is 5.69 Å². The van der Waals surface area contributed by atoms with Gasteiger partial charge in [-0.2, -0.15) is 0 Å². The third-order valence-electron chi connectivity index (χ3n) is 2.69. The summed E-state index contributed by atoms with van der Waals surface area (Å²) in [5.74, 6) is 0.814. The summed E-state index contributed by atoms with van der Waals surface area (Å²) in [5, 5.41) is 3.39. The fourth-order valence-electron chi connectivity index (χ4n) is 1.76. The average Bonchev–Trinajstić information content (AvgIpc) is 2.34. The van der Waals surface area contributed by atoms with Crippen LogP contribution < -0.4 is 5.32 Å². The summed E-state index contributed by atoms with van der Waals surface area (Å²) in [5.41, 5.74) is 3.56. The molecule has 0 radical (unpaired) electrons. The highest BCUT2D eigenvalue weighted by atomic mass is 79.9. The summed E-state index contributed by atoms with van der Waals surface area (Å²) in [4.78, 5) is 8.44. The van der Waals surface area contributed by atoms with Gasteiger partial charge in [-0.05, 0) is 37.1 Å². The van der Waals surface area contributed by atoms with Crippen molar-refractivity contribution in [3.05, 3.63) is 57.6 Å². The number of rotatable bonds is 4. The Hall–Kier alpha value is -1.26. The maximum Gasteiger partial charge on any atom is 0.125 e. The molecule has 0 unspecified atom stereocenters. The van der Waals surface area contributed by atoms with E-state index in [2.05, 4.69) is 56.3 Å². The maximum absolute atomic E-state index is 4.35. The average molecular weight is 306 g/mol. The van der Waals surface area contributed by atoms with Crippen molar-refractivity contribution in [3.63, 3.8) is 0 Å². The molecule has 0 saturated heterocycles. The van der Waals surface area contributed by atoms with Gasteiger partial charge in [0.15, 0.2) is 0 Å². The second-order valence-corrected chi connectivity index (χ2v) is 5.14. The van der Waals surface area contributed by atoms with Crippen molar-refractivity contribution in [3.8, 4) is 0 Å². The van der Waals surface area contributed by atoms with E-state index in [1.807, 2.05) is 13.0 Å². The van der Waals surface area contributed by atoms with E-state index in [0.29, 0.717) is 0 Å². The highest BCUT2D eigenvalue weighted by Gasteiger charge is 1.99. The van der Waals surface area contributed by atoms with Crippen LogP contribution in [-0.4, -0.2) is 9.97 Å². The van der Waals surface area contributed by atoms with E-state index in [1.165, 1.54) is 11.1 Å². The van der Waals surface area contributed by atoms with Crippen molar-refractivity contribution >= 4 is 15.9 Å². The Morgan fingerprint density at radius 1 is 1.17 bits per heavy atom. The molecule has 0 aliphatic rings. The largest absolute Gasteiger partial charge is 0.307 e. The summed E-state index contributed by atoms with van der Waals surface area (Å²) in [6.07, 6.45) is 1.79. The first-order valence-corrected chi connectivity index (χ1v) is 6.69. The molecule has 0 spiro atoms. The van der Waals surface area contributed by atoms with E-state index in [0.717, 1.165) is 29.1 Å². The minimum absolute atomic E-state index is 0.762. The summed E-state index contributed by atoms with van der Waals surface area (Å²) in [6.45, 7) is 5.61. The van der Waals surface area contributed by atoms with Gasteiger partial charge in [-0.25, -0.2) is 9.97 Å². The van der Waals surface area contributed by atoms with Crippen LogP contribution in [0.3, 0.4) is 0 Å². The van der Waals surface area contributed by atoms with Crippen molar-refractivity contribution < 1.29 is 0 Å². The second-order valence-electron chi connectivity index (χ2n) is 4.28. The molecule has 0 fully saturated rings. The van der Waals surface area contributed by atoms with Gasteiger partial charge in [0.2, 0.25) is 0 Å². The molecule has 18 heavy (non-hydrogen) atoms. The minimum atomic E-state index is 0.762. The van der Waals surface area contributed by atoms with Crippen molar-refractivity contribution in [2.75, 3.05) is 0 Å². The van der Waals surface area contributed by atoms with Gasteiger partial charge in [0.1, 0.15) is 5.82 Å². The lowest BCUT2D eigenvalue weighted by atomic mass is 10.1. The molecule has 0 saturated carbocycles. The molecule has 0 amide bonds. The van der Waals surface area contributed by atoms with Crippen molar-refractivity contribution in [1.29, 1.82) is 0 Å². The number of nitrogens with one attached hydrogen (secondary N) is 1. The first kappa shape index (κ1) is 13.2. The first-order valence-electron chi connectivity index (χ1n) is 5.89. The third kappa shape index (κ3) is 3.62. The van der Waals surface area contributed by atoms with Crippen LogP contribution >= 0.6 is 15.9 Å². The van der Waals surface area contributed by atoms with E-state index >= 15 is 0 Å².